The fourth-order valence-corrected chi connectivity index (χ4v) is 1.07. The number of methoxy groups -OCH3 is 1. The van der Waals surface area contributed by atoms with Crippen molar-refractivity contribution >= 4 is 6.03 Å². The Balaban J connectivity index is 2.55. The Kier molecular flexibility index (Phi) is 2.48. The van der Waals surface area contributed by atoms with E-state index in [0.29, 0.717) is 13.1 Å². The van der Waals surface area contributed by atoms with Gasteiger partial charge in [0.2, 0.25) is 0 Å². The topological polar surface area (TPSA) is 41.6 Å². The number of ether oxygens (including phenoxy) is 1. The van der Waals surface area contributed by atoms with E-state index in [0.717, 1.165) is 0 Å². The third-order valence-corrected chi connectivity index (χ3v) is 1.63. The Labute approximate surface area is 65.8 Å². The van der Waals surface area contributed by atoms with E-state index in [1.54, 1.807) is 18.1 Å². The van der Waals surface area contributed by atoms with E-state index in [2.05, 4.69) is 11.9 Å². The predicted molar refractivity (Wildman–Crippen MR) is 41.1 cm³/mol. The molecule has 1 N–H and O–H groups in total. The van der Waals surface area contributed by atoms with Gasteiger partial charge in [0.15, 0.2) is 6.23 Å². The zero-order valence-corrected chi connectivity index (χ0v) is 6.54. The van der Waals surface area contributed by atoms with Gasteiger partial charge >= 0.3 is 6.03 Å². The van der Waals surface area contributed by atoms with E-state index in [1.165, 1.54) is 0 Å². The Morgan fingerprint density at radius 1 is 2.00 bits per heavy atom. The van der Waals surface area contributed by atoms with Crippen LogP contribution in [0.1, 0.15) is 0 Å². The van der Waals surface area contributed by atoms with Crippen LogP contribution in [0.4, 0.5) is 4.79 Å². The summed E-state index contributed by atoms with van der Waals surface area (Å²) in [6.45, 7) is 4.64. The SMILES string of the molecule is C=CCN1C(=O)NCC1OC. The Hall–Kier alpha value is -1.03. The zero-order valence-electron chi connectivity index (χ0n) is 6.54. The summed E-state index contributed by atoms with van der Waals surface area (Å²) in [6.07, 6.45) is 1.54. The first kappa shape index (κ1) is 8.07. The van der Waals surface area contributed by atoms with Gasteiger partial charge in [-0.15, -0.1) is 6.58 Å². The van der Waals surface area contributed by atoms with Gasteiger partial charge in [-0.3, -0.25) is 4.90 Å². The first-order valence-corrected chi connectivity index (χ1v) is 3.47. The van der Waals surface area contributed by atoms with E-state index in [9.17, 15) is 4.79 Å². The average Bonchev–Trinajstić information content (AvgIpc) is 2.34. The average molecular weight is 156 g/mol. The fraction of sp³-hybridized carbons (Fsp3) is 0.571. The summed E-state index contributed by atoms with van der Waals surface area (Å²) in [5.74, 6) is 0. The lowest BCUT2D eigenvalue weighted by atomic mass is 10.5. The number of carbonyl (C=O) groups is 1. The molecule has 0 aromatic rings. The number of hydrogen-bond acceptors (Lipinski definition) is 2. The summed E-state index contributed by atoms with van der Waals surface area (Å²) in [7, 11) is 1.58. The quantitative estimate of drug-likeness (QED) is 0.592. The predicted octanol–water partition coefficient (Wildman–Crippen LogP) is 0.170. The van der Waals surface area contributed by atoms with Crippen LogP contribution in [0.25, 0.3) is 0 Å². The maximum Gasteiger partial charge on any atom is 0.319 e. The number of carbonyl (C=O) groups excluding carboxylic acids is 1. The van der Waals surface area contributed by atoms with E-state index < -0.39 is 0 Å². The van der Waals surface area contributed by atoms with Gasteiger partial charge in [-0.1, -0.05) is 6.08 Å². The summed E-state index contributed by atoms with van der Waals surface area (Å²) in [5.41, 5.74) is 0. The maximum absolute atomic E-state index is 11.0. The molecule has 0 saturated carbocycles. The second-order valence-electron chi connectivity index (χ2n) is 2.32. The van der Waals surface area contributed by atoms with Gasteiger partial charge in [0.05, 0.1) is 6.54 Å². The lowest BCUT2D eigenvalue weighted by Crippen LogP contribution is -2.35. The second kappa shape index (κ2) is 3.39. The van der Waals surface area contributed by atoms with Crippen LogP contribution in [0.2, 0.25) is 0 Å². The molecule has 1 aliphatic rings. The van der Waals surface area contributed by atoms with Crippen molar-refractivity contribution in [2.45, 2.75) is 6.23 Å². The van der Waals surface area contributed by atoms with Crippen molar-refractivity contribution in [1.29, 1.82) is 0 Å². The van der Waals surface area contributed by atoms with Crippen LogP contribution in [0, 0.1) is 0 Å². The molecular formula is C7H12N2O2. The van der Waals surface area contributed by atoms with E-state index in [-0.39, 0.29) is 12.3 Å². The van der Waals surface area contributed by atoms with Crippen molar-refractivity contribution in [2.24, 2.45) is 0 Å². The fourth-order valence-electron chi connectivity index (χ4n) is 1.07. The molecule has 0 aromatic heterocycles. The Morgan fingerprint density at radius 2 is 2.73 bits per heavy atom. The number of amides is 2. The monoisotopic (exact) mass is 156 g/mol. The van der Waals surface area contributed by atoms with E-state index >= 15 is 0 Å². The minimum atomic E-state index is -0.138. The minimum Gasteiger partial charge on any atom is -0.360 e. The first-order chi connectivity index (χ1) is 5.29. The van der Waals surface area contributed by atoms with Gasteiger partial charge in [0.25, 0.3) is 0 Å². The number of rotatable bonds is 3. The van der Waals surface area contributed by atoms with Gasteiger partial charge in [-0.05, 0) is 0 Å². The summed E-state index contributed by atoms with van der Waals surface area (Å²) < 4.78 is 5.04. The summed E-state index contributed by atoms with van der Waals surface area (Å²) in [5, 5.41) is 2.67. The molecule has 1 unspecified atom stereocenters. The molecule has 4 nitrogen and oxygen atoms in total. The van der Waals surface area contributed by atoms with Crippen LogP contribution in [0.3, 0.4) is 0 Å². The van der Waals surface area contributed by atoms with Crippen LogP contribution < -0.4 is 5.32 Å². The first-order valence-electron chi connectivity index (χ1n) is 3.47. The molecule has 1 atom stereocenters. The molecule has 1 heterocycles. The summed E-state index contributed by atoms with van der Waals surface area (Å²) in [6, 6.07) is -0.0863. The number of nitrogens with zero attached hydrogens (tertiary/aromatic N) is 1. The zero-order chi connectivity index (χ0) is 8.27. The van der Waals surface area contributed by atoms with Crippen LogP contribution >= 0.6 is 0 Å². The molecule has 1 aliphatic heterocycles. The highest BCUT2D eigenvalue weighted by molar-refractivity contribution is 5.76. The third kappa shape index (κ3) is 1.51. The van der Waals surface area contributed by atoms with Crippen molar-refractivity contribution < 1.29 is 9.53 Å². The molecular weight excluding hydrogens is 144 g/mol. The standard InChI is InChI=1S/C7H12N2O2/c1-3-4-9-6(11-2)5-8-7(9)10/h3,6H,1,4-5H2,2H3,(H,8,10). The highest BCUT2D eigenvalue weighted by atomic mass is 16.5. The van der Waals surface area contributed by atoms with E-state index in [4.69, 9.17) is 4.74 Å². The van der Waals surface area contributed by atoms with Crippen LogP contribution in [-0.2, 0) is 4.74 Å². The van der Waals surface area contributed by atoms with Crippen molar-refractivity contribution in [3.05, 3.63) is 12.7 Å². The molecule has 0 aromatic carbocycles. The Morgan fingerprint density at radius 3 is 3.27 bits per heavy atom. The molecule has 1 saturated heterocycles. The third-order valence-electron chi connectivity index (χ3n) is 1.63. The number of hydrogen-bond donors (Lipinski definition) is 1. The lowest BCUT2D eigenvalue weighted by molar-refractivity contribution is 0.0257. The van der Waals surface area contributed by atoms with Crippen molar-refractivity contribution in [3.63, 3.8) is 0 Å². The van der Waals surface area contributed by atoms with E-state index in [1.807, 2.05) is 0 Å². The van der Waals surface area contributed by atoms with Crippen molar-refractivity contribution in [2.75, 3.05) is 20.2 Å². The van der Waals surface area contributed by atoms with Gasteiger partial charge < -0.3 is 10.1 Å². The largest absolute Gasteiger partial charge is 0.360 e. The van der Waals surface area contributed by atoms with Gasteiger partial charge in [0.1, 0.15) is 0 Å². The molecule has 4 heteroatoms. The molecule has 0 radical (unpaired) electrons. The lowest BCUT2D eigenvalue weighted by Gasteiger charge is -2.19. The summed E-state index contributed by atoms with van der Waals surface area (Å²) >= 11 is 0. The van der Waals surface area contributed by atoms with Gasteiger partial charge in [0, 0.05) is 13.7 Å². The smallest absolute Gasteiger partial charge is 0.319 e. The maximum atomic E-state index is 11.0. The normalized spacial score (nSPS) is 23.5. The van der Waals surface area contributed by atoms with Gasteiger partial charge in [-0.2, -0.15) is 0 Å². The molecule has 0 aliphatic carbocycles. The van der Waals surface area contributed by atoms with Crippen LogP contribution in [0.5, 0.6) is 0 Å². The molecule has 0 spiro atoms. The molecule has 1 fully saturated rings. The highest BCUT2D eigenvalue weighted by Crippen LogP contribution is 2.06. The van der Waals surface area contributed by atoms with Crippen LogP contribution in [-0.4, -0.2) is 37.4 Å². The Bertz CT molecular complexity index is 170. The molecule has 2 amide bonds. The second-order valence-corrected chi connectivity index (χ2v) is 2.32. The molecule has 1 rings (SSSR count). The number of urea groups is 1. The van der Waals surface area contributed by atoms with Gasteiger partial charge in [-0.25, -0.2) is 4.79 Å². The summed E-state index contributed by atoms with van der Waals surface area (Å²) in [4.78, 5) is 12.6. The molecule has 0 bridgehead atoms. The minimum absolute atomic E-state index is 0.0863. The number of nitrogens with one attached hydrogen (secondary N) is 1. The van der Waals surface area contributed by atoms with Crippen molar-refractivity contribution in [1.82, 2.24) is 10.2 Å². The van der Waals surface area contributed by atoms with Crippen LogP contribution in [0.15, 0.2) is 12.7 Å². The van der Waals surface area contributed by atoms with Crippen molar-refractivity contribution in [3.8, 4) is 0 Å². The molecule has 11 heavy (non-hydrogen) atoms. The molecule has 62 valence electrons. The highest BCUT2D eigenvalue weighted by Gasteiger charge is 2.28.